The summed E-state index contributed by atoms with van der Waals surface area (Å²) >= 11 is 0. The molecule has 0 radical (unpaired) electrons. The topological polar surface area (TPSA) is 78.5 Å². The van der Waals surface area contributed by atoms with E-state index in [0.717, 1.165) is 15.6 Å². The van der Waals surface area contributed by atoms with Crippen LogP contribution >= 0.6 is 0 Å². The lowest BCUT2D eigenvalue weighted by Gasteiger charge is -2.15. The van der Waals surface area contributed by atoms with E-state index in [1.54, 1.807) is 24.3 Å². The second-order valence-corrected chi connectivity index (χ2v) is 7.96. The van der Waals surface area contributed by atoms with Crippen molar-refractivity contribution < 1.29 is 13.2 Å². The fraction of sp³-hybridized carbons (Fsp3) is 0.278. The van der Waals surface area contributed by atoms with Gasteiger partial charge in [0.2, 0.25) is 15.9 Å². The van der Waals surface area contributed by atoms with Crippen molar-refractivity contribution in [2.75, 3.05) is 26.0 Å². The number of carbonyl (C=O) groups is 1. The maximum atomic E-state index is 12.3. The highest BCUT2D eigenvalue weighted by molar-refractivity contribution is 7.89. The van der Waals surface area contributed by atoms with Crippen molar-refractivity contribution in [1.82, 2.24) is 9.62 Å². The second-order valence-electron chi connectivity index (χ2n) is 5.84. The van der Waals surface area contributed by atoms with Crippen molar-refractivity contribution in [3.05, 3.63) is 59.7 Å². The molecule has 25 heavy (non-hydrogen) atoms. The minimum Gasteiger partial charge on any atom is -0.376 e. The van der Waals surface area contributed by atoms with Crippen LogP contribution in [0.4, 0.5) is 5.69 Å². The summed E-state index contributed by atoms with van der Waals surface area (Å²) in [5.41, 5.74) is 2.51. The van der Waals surface area contributed by atoms with Gasteiger partial charge in [-0.2, -0.15) is 0 Å². The molecule has 0 atom stereocenters. The summed E-state index contributed by atoms with van der Waals surface area (Å²) in [6, 6.07) is 14.4. The maximum absolute atomic E-state index is 12.3. The van der Waals surface area contributed by atoms with Gasteiger partial charge in [-0.3, -0.25) is 4.79 Å². The van der Waals surface area contributed by atoms with E-state index in [2.05, 4.69) is 10.6 Å². The average molecular weight is 361 g/mol. The summed E-state index contributed by atoms with van der Waals surface area (Å²) in [6.07, 6.45) is 0. The number of carbonyl (C=O) groups excluding carboxylic acids is 1. The molecule has 2 rings (SSSR count). The monoisotopic (exact) mass is 361 g/mol. The molecule has 7 heteroatoms. The summed E-state index contributed by atoms with van der Waals surface area (Å²) in [5, 5.41) is 5.83. The molecule has 0 aliphatic rings. The summed E-state index contributed by atoms with van der Waals surface area (Å²) in [6.45, 7) is 2.23. The zero-order chi connectivity index (χ0) is 18.4. The lowest BCUT2D eigenvalue weighted by atomic mass is 10.2. The summed E-state index contributed by atoms with van der Waals surface area (Å²) in [7, 11) is -0.584. The Kier molecular flexibility index (Phi) is 6.17. The third kappa shape index (κ3) is 4.80. The smallest absolute Gasteiger partial charge is 0.242 e. The second kappa shape index (κ2) is 8.13. The predicted octanol–water partition coefficient (Wildman–Crippen LogP) is 1.97. The van der Waals surface area contributed by atoms with Gasteiger partial charge in [-0.05, 0) is 30.2 Å². The van der Waals surface area contributed by atoms with E-state index in [1.807, 2.05) is 31.2 Å². The SMILES string of the molecule is Cc1ccccc1NCC(=O)NCc1ccccc1S(=O)(=O)N(C)C. The van der Waals surface area contributed by atoms with Crippen molar-refractivity contribution >= 4 is 21.6 Å². The molecule has 0 aliphatic heterocycles. The van der Waals surface area contributed by atoms with E-state index in [-0.39, 0.29) is 23.9 Å². The number of anilines is 1. The molecular weight excluding hydrogens is 338 g/mol. The molecule has 0 aliphatic carbocycles. The lowest BCUT2D eigenvalue weighted by Crippen LogP contribution is -2.31. The van der Waals surface area contributed by atoms with Crippen LogP contribution < -0.4 is 10.6 Å². The molecule has 0 bridgehead atoms. The number of para-hydroxylation sites is 1. The van der Waals surface area contributed by atoms with Crippen molar-refractivity contribution in [3.8, 4) is 0 Å². The zero-order valence-corrected chi connectivity index (χ0v) is 15.4. The number of benzene rings is 2. The van der Waals surface area contributed by atoms with E-state index in [4.69, 9.17) is 0 Å². The molecule has 2 aromatic rings. The molecule has 0 heterocycles. The highest BCUT2D eigenvalue weighted by Crippen LogP contribution is 2.18. The largest absolute Gasteiger partial charge is 0.376 e. The fourth-order valence-electron chi connectivity index (χ4n) is 2.30. The number of hydrogen-bond donors (Lipinski definition) is 2. The molecule has 0 aromatic heterocycles. The Morgan fingerprint density at radius 2 is 1.68 bits per heavy atom. The highest BCUT2D eigenvalue weighted by Gasteiger charge is 2.20. The maximum Gasteiger partial charge on any atom is 0.242 e. The Labute approximate surface area is 148 Å². The van der Waals surface area contributed by atoms with Crippen LogP contribution in [-0.4, -0.2) is 39.3 Å². The van der Waals surface area contributed by atoms with Gasteiger partial charge in [0.05, 0.1) is 11.4 Å². The number of nitrogens with one attached hydrogen (secondary N) is 2. The van der Waals surface area contributed by atoms with Crippen LogP contribution in [0.1, 0.15) is 11.1 Å². The molecule has 0 unspecified atom stereocenters. The molecule has 2 aromatic carbocycles. The van der Waals surface area contributed by atoms with Gasteiger partial charge in [0, 0.05) is 26.3 Å². The minimum absolute atomic E-state index is 0.119. The fourth-order valence-corrected chi connectivity index (χ4v) is 3.42. The van der Waals surface area contributed by atoms with E-state index in [0.29, 0.717) is 5.56 Å². The third-order valence-corrected chi connectivity index (χ3v) is 5.71. The average Bonchev–Trinajstić information content (AvgIpc) is 2.59. The lowest BCUT2D eigenvalue weighted by molar-refractivity contribution is -0.119. The highest BCUT2D eigenvalue weighted by atomic mass is 32.2. The molecule has 0 spiro atoms. The third-order valence-electron chi connectivity index (χ3n) is 3.79. The first kappa shape index (κ1) is 19.0. The van der Waals surface area contributed by atoms with Gasteiger partial charge in [0.15, 0.2) is 0 Å². The normalized spacial score (nSPS) is 11.4. The van der Waals surface area contributed by atoms with Crippen LogP contribution in [-0.2, 0) is 21.4 Å². The number of aryl methyl sites for hydroxylation is 1. The summed E-state index contributed by atoms with van der Waals surface area (Å²) in [5.74, 6) is -0.208. The van der Waals surface area contributed by atoms with Crippen molar-refractivity contribution in [1.29, 1.82) is 0 Å². The minimum atomic E-state index is -3.55. The number of amides is 1. The number of hydrogen-bond acceptors (Lipinski definition) is 4. The zero-order valence-electron chi connectivity index (χ0n) is 14.6. The first-order chi connectivity index (χ1) is 11.8. The quantitative estimate of drug-likeness (QED) is 0.790. The Balaban J connectivity index is 2.00. The summed E-state index contributed by atoms with van der Waals surface area (Å²) in [4.78, 5) is 12.3. The predicted molar refractivity (Wildman–Crippen MR) is 98.8 cm³/mol. The molecule has 134 valence electrons. The Bertz CT molecular complexity index is 848. The number of sulfonamides is 1. The van der Waals surface area contributed by atoms with Gasteiger partial charge in [-0.1, -0.05) is 36.4 Å². The van der Waals surface area contributed by atoms with Gasteiger partial charge < -0.3 is 10.6 Å². The molecular formula is C18H23N3O3S. The summed E-state index contributed by atoms with van der Waals surface area (Å²) < 4.78 is 25.9. The van der Waals surface area contributed by atoms with E-state index in [1.165, 1.54) is 14.1 Å². The van der Waals surface area contributed by atoms with E-state index >= 15 is 0 Å². The van der Waals surface area contributed by atoms with Gasteiger partial charge in [0.1, 0.15) is 0 Å². The standard InChI is InChI=1S/C18H23N3O3S/c1-14-8-4-6-10-16(14)19-13-18(22)20-12-15-9-5-7-11-17(15)25(23,24)21(2)3/h4-11,19H,12-13H2,1-3H3,(H,20,22). The van der Waals surface area contributed by atoms with Crippen LogP contribution in [0.15, 0.2) is 53.4 Å². The molecule has 2 N–H and O–H groups in total. The van der Waals surface area contributed by atoms with Gasteiger partial charge in [-0.15, -0.1) is 0 Å². The Morgan fingerprint density at radius 1 is 1.04 bits per heavy atom. The van der Waals surface area contributed by atoms with E-state index < -0.39 is 10.0 Å². The molecule has 0 fully saturated rings. The van der Waals surface area contributed by atoms with Crippen molar-refractivity contribution in [2.45, 2.75) is 18.4 Å². The van der Waals surface area contributed by atoms with Crippen LogP contribution in [0, 0.1) is 6.92 Å². The molecule has 0 saturated heterocycles. The van der Waals surface area contributed by atoms with Crippen LogP contribution in [0.25, 0.3) is 0 Å². The van der Waals surface area contributed by atoms with Gasteiger partial charge in [0.25, 0.3) is 0 Å². The first-order valence-corrected chi connectivity index (χ1v) is 9.33. The molecule has 0 saturated carbocycles. The van der Waals surface area contributed by atoms with Crippen LogP contribution in [0.5, 0.6) is 0 Å². The Hall–Kier alpha value is -2.38. The molecule has 1 amide bonds. The van der Waals surface area contributed by atoms with Crippen LogP contribution in [0.3, 0.4) is 0 Å². The Morgan fingerprint density at radius 3 is 2.36 bits per heavy atom. The van der Waals surface area contributed by atoms with Crippen LogP contribution in [0.2, 0.25) is 0 Å². The first-order valence-electron chi connectivity index (χ1n) is 7.89. The number of nitrogens with zero attached hydrogens (tertiary/aromatic N) is 1. The van der Waals surface area contributed by atoms with Crippen molar-refractivity contribution in [2.24, 2.45) is 0 Å². The van der Waals surface area contributed by atoms with Gasteiger partial charge in [-0.25, -0.2) is 12.7 Å². The van der Waals surface area contributed by atoms with E-state index in [9.17, 15) is 13.2 Å². The van der Waals surface area contributed by atoms with Crippen molar-refractivity contribution in [3.63, 3.8) is 0 Å². The number of rotatable bonds is 7. The van der Waals surface area contributed by atoms with Gasteiger partial charge >= 0.3 is 0 Å². The molecule has 6 nitrogen and oxygen atoms in total.